The van der Waals surface area contributed by atoms with Crippen LogP contribution in [0.5, 0.6) is 0 Å². The number of benzene rings is 2. The van der Waals surface area contributed by atoms with Crippen molar-refractivity contribution < 1.29 is 13.2 Å². The van der Waals surface area contributed by atoms with Crippen molar-refractivity contribution in [3.63, 3.8) is 0 Å². The van der Waals surface area contributed by atoms with Gasteiger partial charge in [-0.15, -0.1) is 0 Å². The van der Waals surface area contributed by atoms with Crippen LogP contribution in [-0.4, -0.2) is 9.55 Å². The van der Waals surface area contributed by atoms with E-state index in [2.05, 4.69) is 4.98 Å². The number of imidazole rings is 1. The van der Waals surface area contributed by atoms with Crippen LogP contribution in [0.25, 0.3) is 16.7 Å². The third kappa shape index (κ3) is 1.81. The molecular formula is C13H8F3N3. The molecule has 0 fully saturated rings. The molecule has 2 N–H and O–H groups in total. The van der Waals surface area contributed by atoms with E-state index in [9.17, 15) is 13.2 Å². The van der Waals surface area contributed by atoms with Gasteiger partial charge < -0.3 is 5.73 Å². The van der Waals surface area contributed by atoms with Gasteiger partial charge in [-0.05, 0) is 24.3 Å². The third-order valence-corrected chi connectivity index (χ3v) is 2.79. The van der Waals surface area contributed by atoms with Crippen molar-refractivity contribution in [2.75, 3.05) is 5.73 Å². The minimum Gasteiger partial charge on any atom is -0.369 e. The predicted molar refractivity (Wildman–Crippen MR) is 65.4 cm³/mol. The van der Waals surface area contributed by atoms with Crippen molar-refractivity contribution in [2.45, 2.75) is 0 Å². The average Bonchev–Trinajstić information content (AvgIpc) is 2.67. The van der Waals surface area contributed by atoms with Gasteiger partial charge >= 0.3 is 0 Å². The summed E-state index contributed by atoms with van der Waals surface area (Å²) >= 11 is 0. The number of aromatic nitrogens is 2. The van der Waals surface area contributed by atoms with Crippen LogP contribution in [0.3, 0.4) is 0 Å². The summed E-state index contributed by atoms with van der Waals surface area (Å²) in [6, 6.07) is 6.82. The quantitative estimate of drug-likeness (QED) is 0.733. The fourth-order valence-corrected chi connectivity index (χ4v) is 1.98. The summed E-state index contributed by atoms with van der Waals surface area (Å²) in [6.07, 6.45) is 0. The molecule has 0 radical (unpaired) electrons. The highest BCUT2D eigenvalue weighted by atomic mass is 19.1. The summed E-state index contributed by atoms with van der Waals surface area (Å²) in [4.78, 5) is 3.93. The highest BCUT2D eigenvalue weighted by Crippen LogP contribution is 2.25. The lowest BCUT2D eigenvalue weighted by Crippen LogP contribution is -2.03. The van der Waals surface area contributed by atoms with Gasteiger partial charge in [0.1, 0.15) is 17.5 Å². The van der Waals surface area contributed by atoms with Crippen LogP contribution in [0.4, 0.5) is 19.1 Å². The lowest BCUT2D eigenvalue weighted by atomic mass is 10.2. The van der Waals surface area contributed by atoms with E-state index in [0.29, 0.717) is 5.52 Å². The minimum atomic E-state index is -0.642. The maximum atomic E-state index is 13.8. The highest BCUT2D eigenvalue weighted by molar-refractivity contribution is 5.80. The molecule has 3 rings (SSSR count). The number of nitrogens with two attached hydrogens (primary N) is 1. The molecule has 6 heteroatoms. The second-order valence-corrected chi connectivity index (χ2v) is 4.03. The van der Waals surface area contributed by atoms with Crippen molar-refractivity contribution in [3.05, 3.63) is 53.8 Å². The first-order chi connectivity index (χ1) is 9.06. The maximum absolute atomic E-state index is 13.8. The van der Waals surface area contributed by atoms with Crippen LogP contribution < -0.4 is 5.73 Å². The van der Waals surface area contributed by atoms with Gasteiger partial charge in [0.15, 0.2) is 0 Å². The number of nitrogens with zero attached hydrogens (tertiary/aromatic N) is 2. The molecule has 0 saturated heterocycles. The zero-order chi connectivity index (χ0) is 13.6. The van der Waals surface area contributed by atoms with E-state index in [-0.39, 0.29) is 17.2 Å². The molecule has 3 nitrogen and oxygen atoms in total. The first-order valence-electron chi connectivity index (χ1n) is 5.45. The number of nitrogen functional groups attached to an aromatic ring is 1. The van der Waals surface area contributed by atoms with Crippen LogP contribution in [-0.2, 0) is 0 Å². The Labute approximate surface area is 106 Å². The average molecular weight is 263 g/mol. The molecular weight excluding hydrogens is 255 g/mol. The SMILES string of the molecule is Nc1nc2cc(F)ccc2n1-c1cc(F)ccc1F. The number of rotatable bonds is 1. The van der Waals surface area contributed by atoms with Gasteiger partial charge in [-0.25, -0.2) is 18.2 Å². The Morgan fingerprint density at radius 2 is 1.63 bits per heavy atom. The fraction of sp³-hybridized carbons (Fsp3) is 0. The molecule has 0 saturated carbocycles. The van der Waals surface area contributed by atoms with Crippen LogP contribution in [0.1, 0.15) is 0 Å². The van der Waals surface area contributed by atoms with E-state index in [4.69, 9.17) is 5.73 Å². The molecule has 0 aliphatic rings. The molecule has 0 unspecified atom stereocenters. The van der Waals surface area contributed by atoms with Gasteiger partial charge in [0.25, 0.3) is 0 Å². The van der Waals surface area contributed by atoms with Crippen molar-refractivity contribution in [3.8, 4) is 5.69 Å². The molecule has 1 heterocycles. The lowest BCUT2D eigenvalue weighted by Gasteiger charge is -2.07. The Morgan fingerprint density at radius 1 is 0.947 bits per heavy atom. The highest BCUT2D eigenvalue weighted by Gasteiger charge is 2.14. The van der Waals surface area contributed by atoms with E-state index < -0.39 is 17.5 Å². The van der Waals surface area contributed by atoms with Gasteiger partial charge in [-0.2, -0.15) is 0 Å². The standard InChI is InChI=1S/C13H8F3N3/c14-7-2-4-11-10(5-7)18-13(17)19(11)12-6-8(15)1-3-9(12)16/h1-6H,(H2,17,18). The molecule has 0 spiro atoms. The second-order valence-electron chi connectivity index (χ2n) is 4.03. The van der Waals surface area contributed by atoms with E-state index in [1.54, 1.807) is 0 Å². The molecule has 1 aromatic heterocycles. The Kier molecular flexibility index (Phi) is 2.45. The Hall–Kier alpha value is -2.50. The molecule has 0 atom stereocenters. The fourth-order valence-electron chi connectivity index (χ4n) is 1.98. The van der Waals surface area contributed by atoms with E-state index in [1.165, 1.54) is 22.8 Å². The summed E-state index contributed by atoms with van der Waals surface area (Å²) in [7, 11) is 0. The van der Waals surface area contributed by atoms with Crippen LogP contribution >= 0.6 is 0 Å². The van der Waals surface area contributed by atoms with E-state index >= 15 is 0 Å². The van der Waals surface area contributed by atoms with Gasteiger partial charge in [-0.1, -0.05) is 0 Å². The molecule has 19 heavy (non-hydrogen) atoms. The molecule has 0 amide bonds. The molecule has 96 valence electrons. The first-order valence-corrected chi connectivity index (χ1v) is 5.45. The number of anilines is 1. The molecule has 0 aliphatic heterocycles. The lowest BCUT2D eigenvalue weighted by molar-refractivity contribution is 0.594. The van der Waals surface area contributed by atoms with Gasteiger partial charge in [0, 0.05) is 12.1 Å². The largest absolute Gasteiger partial charge is 0.369 e. The zero-order valence-corrected chi connectivity index (χ0v) is 9.57. The second kappa shape index (κ2) is 4.01. The predicted octanol–water partition coefficient (Wildman–Crippen LogP) is 3.03. The van der Waals surface area contributed by atoms with Crippen LogP contribution in [0.2, 0.25) is 0 Å². The topological polar surface area (TPSA) is 43.8 Å². The first kappa shape index (κ1) is 11.6. The molecule has 0 bridgehead atoms. The Balaban J connectivity index is 2.36. The van der Waals surface area contributed by atoms with Gasteiger partial charge in [-0.3, -0.25) is 4.57 Å². The van der Waals surface area contributed by atoms with Crippen molar-refractivity contribution >= 4 is 17.0 Å². The van der Waals surface area contributed by atoms with Gasteiger partial charge in [0.05, 0.1) is 16.7 Å². The number of halogens is 3. The summed E-state index contributed by atoms with van der Waals surface area (Å²) in [5.41, 5.74) is 6.32. The monoisotopic (exact) mass is 263 g/mol. The molecule has 2 aromatic carbocycles. The summed E-state index contributed by atoms with van der Waals surface area (Å²) in [5.74, 6) is -1.75. The van der Waals surface area contributed by atoms with Crippen molar-refractivity contribution in [2.24, 2.45) is 0 Å². The van der Waals surface area contributed by atoms with E-state index in [0.717, 1.165) is 18.2 Å². The number of fused-ring (bicyclic) bond motifs is 1. The summed E-state index contributed by atoms with van der Waals surface area (Å²) < 4.78 is 41.4. The van der Waals surface area contributed by atoms with Gasteiger partial charge in [0.2, 0.25) is 5.95 Å². The summed E-state index contributed by atoms with van der Waals surface area (Å²) in [6.45, 7) is 0. The maximum Gasteiger partial charge on any atom is 0.206 e. The zero-order valence-electron chi connectivity index (χ0n) is 9.57. The molecule has 0 aliphatic carbocycles. The smallest absolute Gasteiger partial charge is 0.206 e. The van der Waals surface area contributed by atoms with Crippen molar-refractivity contribution in [1.29, 1.82) is 0 Å². The molecule has 3 aromatic rings. The normalized spacial score (nSPS) is 11.1. The number of hydrogen-bond acceptors (Lipinski definition) is 2. The Morgan fingerprint density at radius 3 is 2.42 bits per heavy atom. The minimum absolute atomic E-state index is 0.0369. The van der Waals surface area contributed by atoms with Crippen LogP contribution in [0.15, 0.2) is 36.4 Å². The third-order valence-electron chi connectivity index (χ3n) is 2.79. The van der Waals surface area contributed by atoms with Crippen LogP contribution in [0, 0.1) is 17.5 Å². The summed E-state index contributed by atoms with van der Waals surface area (Å²) in [5, 5.41) is 0. The van der Waals surface area contributed by atoms with E-state index in [1.807, 2.05) is 0 Å². The number of hydrogen-bond donors (Lipinski definition) is 1. The Bertz CT molecular complexity index is 780. The van der Waals surface area contributed by atoms with Crippen molar-refractivity contribution in [1.82, 2.24) is 9.55 Å².